The Hall–Kier alpha value is -1.44. The smallest absolute Gasteiger partial charge is 0.410 e. The molecule has 6 nitrogen and oxygen atoms in total. The molecule has 1 rings (SSSR count). The molecule has 19 heavy (non-hydrogen) atoms. The maximum absolute atomic E-state index is 13.6. The first-order valence-corrected chi connectivity index (χ1v) is 5.73. The Morgan fingerprint density at radius 1 is 1.32 bits per heavy atom. The number of nitrogens with one attached hydrogen (secondary N) is 1. The first-order chi connectivity index (χ1) is 8.43. The first kappa shape index (κ1) is 15.6. The van der Waals surface area contributed by atoms with E-state index in [1.54, 1.807) is 26.1 Å². The molecule has 1 heterocycles. The monoisotopic (exact) mass is 280 g/mol. The molecule has 1 saturated heterocycles. The number of nitrogens with zero attached hydrogens (tertiary/aromatic N) is 1. The first-order valence-electron chi connectivity index (χ1n) is 5.73. The third-order valence-electron chi connectivity index (χ3n) is 2.65. The molecule has 0 aliphatic carbocycles. The molecule has 0 radical (unpaired) electrons. The SMILES string of the molecule is CNC(=O)C(F)(F)C1(O)CN(C(=O)OC(C)(C)C)C1. The van der Waals surface area contributed by atoms with E-state index >= 15 is 0 Å². The predicted octanol–water partition coefficient (Wildman–Crippen LogP) is 0.349. The summed E-state index contributed by atoms with van der Waals surface area (Å²) in [6, 6.07) is 0. The zero-order valence-corrected chi connectivity index (χ0v) is 11.3. The number of carbonyl (C=O) groups is 2. The van der Waals surface area contributed by atoms with Crippen LogP contribution in [0.25, 0.3) is 0 Å². The molecule has 2 amide bonds. The highest BCUT2D eigenvalue weighted by Crippen LogP contribution is 2.37. The Morgan fingerprint density at radius 3 is 2.16 bits per heavy atom. The highest BCUT2D eigenvalue weighted by atomic mass is 19.3. The summed E-state index contributed by atoms with van der Waals surface area (Å²) in [4.78, 5) is 23.5. The van der Waals surface area contributed by atoms with Crippen LogP contribution in [0.2, 0.25) is 0 Å². The number of aliphatic hydroxyl groups is 1. The van der Waals surface area contributed by atoms with Crippen molar-refractivity contribution in [2.24, 2.45) is 0 Å². The highest BCUT2D eigenvalue weighted by molar-refractivity contribution is 5.85. The minimum absolute atomic E-state index is 0.650. The van der Waals surface area contributed by atoms with Crippen molar-refractivity contribution >= 4 is 12.0 Å². The van der Waals surface area contributed by atoms with E-state index in [1.165, 1.54) is 0 Å². The van der Waals surface area contributed by atoms with Crippen LogP contribution in [0.4, 0.5) is 13.6 Å². The molecule has 2 N–H and O–H groups in total. The third-order valence-corrected chi connectivity index (χ3v) is 2.65. The van der Waals surface area contributed by atoms with Gasteiger partial charge in [-0.25, -0.2) is 4.79 Å². The summed E-state index contributed by atoms with van der Waals surface area (Å²) in [5, 5.41) is 11.5. The van der Waals surface area contributed by atoms with Gasteiger partial charge >= 0.3 is 12.0 Å². The Kier molecular flexibility index (Phi) is 3.77. The van der Waals surface area contributed by atoms with E-state index in [0.29, 0.717) is 0 Å². The number of amides is 2. The van der Waals surface area contributed by atoms with E-state index < -0.39 is 42.2 Å². The molecule has 1 aliphatic heterocycles. The number of ether oxygens (including phenoxy) is 1. The normalized spacial score (nSPS) is 18.6. The van der Waals surface area contributed by atoms with E-state index in [9.17, 15) is 23.5 Å². The fraction of sp³-hybridized carbons (Fsp3) is 0.818. The summed E-state index contributed by atoms with van der Waals surface area (Å²) >= 11 is 0. The fourth-order valence-corrected chi connectivity index (χ4v) is 1.61. The molecule has 0 atom stereocenters. The largest absolute Gasteiger partial charge is 0.444 e. The van der Waals surface area contributed by atoms with Crippen molar-refractivity contribution in [1.29, 1.82) is 0 Å². The molecule has 0 unspecified atom stereocenters. The van der Waals surface area contributed by atoms with Gasteiger partial charge in [0.1, 0.15) is 5.60 Å². The minimum atomic E-state index is -3.96. The second-order valence-electron chi connectivity index (χ2n) is 5.52. The topological polar surface area (TPSA) is 78.9 Å². The van der Waals surface area contributed by atoms with Gasteiger partial charge in [0.2, 0.25) is 0 Å². The summed E-state index contributed by atoms with van der Waals surface area (Å²) in [6.45, 7) is 3.60. The number of hydrogen-bond acceptors (Lipinski definition) is 4. The van der Waals surface area contributed by atoms with Crippen LogP contribution in [-0.4, -0.2) is 59.3 Å². The Morgan fingerprint density at radius 2 is 1.79 bits per heavy atom. The van der Waals surface area contributed by atoms with Gasteiger partial charge in [0.25, 0.3) is 5.91 Å². The summed E-state index contributed by atoms with van der Waals surface area (Å²) in [5.74, 6) is -5.54. The van der Waals surface area contributed by atoms with Crippen molar-refractivity contribution in [3.8, 4) is 0 Å². The van der Waals surface area contributed by atoms with Gasteiger partial charge in [-0.3, -0.25) is 4.79 Å². The minimum Gasteiger partial charge on any atom is -0.444 e. The summed E-state index contributed by atoms with van der Waals surface area (Å²) < 4.78 is 32.1. The van der Waals surface area contributed by atoms with Crippen LogP contribution in [0, 0.1) is 0 Å². The van der Waals surface area contributed by atoms with Gasteiger partial charge in [0.15, 0.2) is 5.60 Å². The molecule has 0 aromatic heterocycles. The maximum Gasteiger partial charge on any atom is 0.410 e. The van der Waals surface area contributed by atoms with Gasteiger partial charge < -0.3 is 20.1 Å². The van der Waals surface area contributed by atoms with E-state index in [2.05, 4.69) is 0 Å². The number of hydrogen-bond donors (Lipinski definition) is 2. The zero-order valence-electron chi connectivity index (χ0n) is 11.3. The molecule has 0 saturated carbocycles. The molecule has 0 aromatic carbocycles. The van der Waals surface area contributed by atoms with Gasteiger partial charge in [0.05, 0.1) is 13.1 Å². The van der Waals surface area contributed by atoms with Crippen LogP contribution in [0.15, 0.2) is 0 Å². The number of carbonyl (C=O) groups excluding carboxylic acids is 2. The van der Waals surface area contributed by atoms with E-state index in [-0.39, 0.29) is 0 Å². The second kappa shape index (κ2) is 4.59. The number of likely N-dealkylation sites (tertiary alicyclic amines) is 1. The van der Waals surface area contributed by atoms with Crippen LogP contribution in [0.5, 0.6) is 0 Å². The molecule has 0 spiro atoms. The van der Waals surface area contributed by atoms with Gasteiger partial charge in [-0.05, 0) is 20.8 Å². The Bertz CT molecular complexity index is 387. The number of β-amino-alcohol motifs (C(OH)–C–C–N with tert-alkyl or cyclic N) is 1. The number of halogens is 2. The average molecular weight is 280 g/mol. The lowest BCUT2D eigenvalue weighted by Gasteiger charge is -2.48. The molecule has 8 heteroatoms. The lowest BCUT2D eigenvalue weighted by atomic mass is 9.86. The van der Waals surface area contributed by atoms with Crippen LogP contribution in [0.3, 0.4) is 0 Å². The van der Waals surface area contributed by atoms with E-state index in [4.69, 9.17) is 4.74 Å². The molecule has 0 aromatic rings. The average Bonchev–Trinajstić information content (AvgIpc) is 2.20. The Balaban J connectivity index is 2.66. The highest BCUT2D eigenvalue weighted by Gasteiger charge is 2.65. The van der Waals surface area contributed by atoms with Crippen LogP contribution in [0.1, 0.15) is 20.8 Å². The fourth-order valence-electron chi connectivity index (χ4n) is 1.61. The molecule has 1 fully saturated rings. The van der Waals surface area contributed by atoms with Crippen LogP contribution in [-0.2, 0) is 9.53 Å². The van der Waals surface area contributed by atoms with Crippen molar-refractivity contribution in [2.45, 2.75) is 37.9 Å². The van der Waals surface area contributed by atoms with Crippen molar-refractivity contribution in [3.63, 3.8) is 0 Å². The quantitative estimate of drug-likeness (QED) is 0.765. The molecular weight excluding hydrogens is 262 g/mol. The van der Waals surface area contributed by atoms with Crippen molar-refractivity contribution < 1.29 is 28.2 Å². The molecular formula is C11H18F2N2O4. The summed E-state index contributed by atoms with van der Waals surface area (Å²) in [7, 11) is 1.05. The molecule has 1 aliphatic rings. The van der Waals surface area contributed by atoms with Crippen LogP contribution < -0.4 is 5.32 Å². The van der Waals surface area contributed by atoms with Crippen molar-refractivity contribution in [1.82, 2.24) is 10.2 Å². The van der Waals surface area contributed by atoms with Crippen molar-refractivity contribution in [3.05, 3.63) is 0 Å². The number of alkyl halides is 2. The zero-order chi connectivity index (χ0) is 15.1. The lowest BCUT2D eigenvalue weighted by Crippen LogP contribution is -2.74. The van der Waals surface area contributed by atoms with Gasteiger partial charge in [-0.15, -0.1) is 0 Å². The van der Waals surface area contributed by atoms with Gasteiger partial charge in [-0.1, -0.05) is 0 Å². The standard InChI is InChI=1S/C11H18F2N2O4/c1-9(2,3)19-8(17)15-5-10(18,6-15)11(12,13)7(16)14-4/h18H,5-6H2,1-4H3,(H,14,16). The predicted molar refractivity (Wildman–Crippen MR) is 61.8 cm³/mol. The Labute approximate surface area is 109 Å². The second-order valence-corrected chi connectivity index (χ2v) is 5.52. The molecule has 110 valence electrons. The summed E-state index contributed by atoms with van der Waals surface area (Å²) in [5.41, 5.74) is -3.31. The molecule has 0 bridgehead atoms. The van der Waals surface area contributed by atoms with Crippen molar-refractivity contribution in [2.75, 3.05) is 20.1 Å². The number of rotatable bonds is 2. The maximum atomic E-state index is 13.6. The van der Waals surface area contributed by atoms with E-state index in [1.807, 2.05) is 0 Å². The van der Waals surface area contributed by atoms with E-state index in [0.717, 1.165) is 11.9 Å². The van der Waals surface area contributed by atoms with Gasteiger partial charge in [-0.2, -0.15) is 8.78 Å². The van der Waals surface area contributed by atoms with Crippen LogP contribution >= 0.6 is 0 Å². The lowest BCUT2D eigenvalue weighted by molar-refractivity contribution is -0.229. The van der Waals surface area contributed by atoms with Gasteiger partial charge in [0, 0.05) is 7.05 Å². The third kappa shape index (κ3) is 2.94. The summed E-state index contributed by atoms with van der Waals surface area (Å²) in [6.07, 6.45) is -0.801.